The minimum Gasteiger partial charge on any atom is -0.464 e. The maximum Gasteiger partial charge on any atom is 0.399 e. The van der Waals surface area contributed by atoms with Gasteiger partial charge in [0.25, 0.3) is 0 Å². The van der Waals surface area contributed by atoms with Gasteiger partial charge in [0, 0.05) is 32.6 Å². The molecule has 0 aromatic rings. The fourth-order valence-electron chi connectivity index (χ4n) is 3.39. The summed E-state index contributed by atoms with van der Waals surface area (Å²) in [6.45, 7) is -0.230. The highest BCUT2D eigenvalue weighted by Gasteiger charge is 2.74. The molecule has 2 heterocycles. The number of urea groups is 1. The number of esters is 1. The number of nitrogens with zero attached hydrogens (tertiary/aromatic N) is 2. The van der Waals surface area contributed by atoms with E-state index in [9.17, 15) is 27.6 Å². The van der Waals surface area contributed by atoms with Crippen molar-refractivity contribution < 1.29 is 36.7 Å². The van der Waals surface area contributed by atoms with Gasteiger partial charge in [-0.1, -0.05) is 0 Å². The Kier molecular flexibility index (Phi) is 5.63. The molecule has 3 unspecified atom stereocenters. The third kappa shape index (κ3) is 3.68. The van der Waals surface area contributed by atoms with E-state index >= 15 is 4.39 Å². The van der Waals surface area contributed by atoms with Gasteiger partial charge >= 0.3 is 18.2 Å². The van der Waals surface area contributed by atoms with Crippen LogP contribution in [0.1, 0.15) is 26.7 Å². The van der Waals surface area contributed by atoms with Gasteiger partial charge in [-0.25, -0.2) is 14.0 Å². The van der Waals surface area contributed by atoms with Gasteiger partial charge in [-0.05, 0) is 20.3 Å². The Hall–Kier alpha value is -2.07. The number of rotatable bonds is 3. The summed E-state index contributed by atoms with van der Waals surface area (Å²) < 4.78 is 60.5. The maximum atomic E-state index is 15.3. The van der Waals surface area contributed by atoms with Crippen LogP contribution in [0.15, 0.2) is 0 Å². The van der Waals surface area contributed by atoms with Crippen LogP contribution in [0, 0.1) is 5.41 Å². The number of likely N-dealkylation sites (tertiary alicyclic amines) is 2. The number of hydrogen-bond donors (Lipinski definition) is 1. The lowest BCUT2D eigenvalue weighted by Crippen LogP contribution is -2.56. The second-order valence-electron chi connectivity index (χ2n) is 7.17. The molecular weight excluding hydrogens is 374 g/mol. The van der Waals surface area contributed by atoms with E-state index in [1.165, 1.54) is 11.8 Å². The average Bonchev–Trinajstić information content (AvgIpc) is 2.85. The molecule has 0 spiro atoms. The van der Waals surface area contributed by atoms with Gasteiger partial charge in [-0.3, -0.25) is 4.79 Å². The zero-order chi connectivity index (χ0) is 20.6. The number of carbonyl (C=O) groups is 3. The molecule has 2 aliphatic rings. The van der Waals surface area contributed by atoms with Gasteiger partial charge in [-0.15, -0.1) is 0 Å². The fourth-order valence-corrected chi connectivity index (χ4v) is 3.39. The first-order valence-corrected chi connectivity index (χ1v) is 8.58. The molecule has 3 atom stereocenters. The van der Waals surface area contributed by atoms with Crippen LogP contribution in [0.25, 0.3) is 0 Å². The first-order valence-electron chi connectivity index (χ1n) is 8.58. The zero-order valence-electron chi connectivity index (χ0n) is 15.4. The molecule has 7 nitrogen and oxygen atoms in total. The van der Waals surface area contributed by atoms with Crippen LogP contribution in [0.5, 0.6) is 0 Å². The van der Waals surface area contributed by atoms with Crippen LogP contribution < -0.4 is 5.32 Å². The van der Waals surface area contributed by atoms with Crippen molar-refractivity contribution in [1.29, 1.82) is 0 Å². The van der Waals surface area contributed by atoms with Crippen LogP contribution in [-0.2, 0) is 14.3 Å². The lowest BCUT2D eigenvalue weighted by Gasteiger charge is -2.35. The van der Waals surface area contributed by atoms with Gasteiger partial charge in [-0.2, -0.15) is 13.2 Å². The van der Waals surface area contributed by atoms with Crippen LogP contribution in [-0.4, -0.2) is 78.9 Å². The molecule has 0 aliphatic carbocycles. The summed E-state index contributed by atoms with van der Waals surface area (Å²) >= 11 is 0. The molecule has 27 heavy (non-hydrogen) atoms. The number of halogens is 4. The van der Waals surface area contributed by atoms with Crippen molar-refractivity contribution >= 4 is 17.9 Å². The number of amides is 3. The number of carbonyl (C=O) groups excluding carboxylic acids is 3. The Morgan fingerprint density at radius 2 is 1.96 bits per heavy atom. The summed E-state index contributed by atoms with van der Waals surface area (Å²) in [6, 6.07) is -1.38. The van der Waals surface area contributed by atoms with E-state index in [1.54, 1.807) is 7.05 Å². The Bertz CT molecular complexity index is 629. The third-order valence-electron chi connectivity index (χ3n) is 5.26. The lowest BCUT2D eigenvalue weighted by atomic mass is 9.76. The van der Waals surface area contributed by atoms with E-state index in [0.29, 0.717) is 18.2 Å². The number of ether oxygens (including phenoxy) is 1. The van der Waals surface area contributed by atoms with Gasteiger partial charge in [0.15, 0.2) is 0 Å². The quantitative estimate of drug-likeness (QED) is 0.578. The number of nitrogens with one attached hydrogen (secondary N) is 1. The standard InChI is InChI=1S/C16H23F4N3O4/c1-4-27-12(25)15(17)9-23(8-14(15,2)16(18,19)20)13(26)21-10-5-6-11(24)22(3)7-10/h10H,4-9H2,1-3H3,(H,21,26). The first-order chi connectivity index (χ1) is 12.4. The normalized spacial score (nSPS) is 31.8. The van der Waals surface area contributed by atoms with Crippen molar-refractivity contribution in [2.24, 2.45) is 5.41 Å². The summed E-state index contributed by atoms with van der Waals surface area (Å²) in [5.74, 6) is -1.74. The highest BCUT2D eigenvalue weighted by Crippen LogP contribution is 2.53. The highest BCUT2D eigenvalue weighted by atomic mass is 19.4. The number of likely N-dealkylation sites (N-methyl/N-ethyl adjacent to an activating group) is 1. The number of alkyl halides is 4. The van der Waals surface area contributed by atoms with Crippen LogP contribution in [0.2, 0.25) is 0 Å². The van der Waals surface area contributed by atoms with Gasteiger partial charge < -0.3 is 19.9 Å². The summed E-state index contributed by atoms with van der Waals surface area (Å²) in [4.78, 5) is 37.9. The van der Waals surface area contributed by atoms with Gasteiger partial charge in [0.05, 0.1) is 13.2 Å². The van der Waals surface area contributed by atoms with E-state index in [0.717, 1.165) is 0 Å². The minimum absolute atomic E-state index is 0.101. The SMILES string of the molecule is CCOC(=O)C1(F)CN(C(=O)NC2CCC(=O)N(C)C2)CC1(C)C(F)(F)F. The highest BCUT2D eigenvalue weighted by molar-refractivity contribution is 5.85. The van der Waals surface area contributed by atoms with Crippen molar-refractivity contribution in [2.45, 2.75) is 44.6 Å². The van der Waals surface area contributed by atoms with Crippen molar-refractivity contribution in [1.82, 2.24) is 15.1 Å². The average molecular weight is 397 g/mol. The zero-order valence-corrected chi connectivity index (χ0v) is 15.4. The summed E-state index contributed by atoms with van der Waals surface area (Å²) in [6.07, 6.45) is -4.55. The first kappa shape index (κ1) is 21.2. The summed E-state index contributed by atoms with van der Waals surface area (Å²) in [7, 11) is 1.55. The molecule has 154 valence electrons. The minimum atomic E-state index is -5.07. The largest absolute Gasteiger partial charge is 0.464 e. The monoisotopic (exact) mass is 397 g/mol. The second-order valence-corrected chi connectivity index (χ2v) is 7.17. The predicted octanol–water partition coefficient (Wildman–Crippen LogP) is 1.47. The number of hydrogen-bond acceptors (Lipinski definition) is 4. The molecule has 0 radical (unpaired) electrons. The molecule has 0 aromatic heterocycles. The number of piperidine rings is 1. The van der Waals surface area contributed by atoms with E-state index < -0.39 is 48.4 Å². The predicted molar refractivity (Wildman–Crippen MR) is 85.4 cm³/mol. The third-order valence-corrected chi connectivity index (χ3v) is 5.26. The molecule has 2 rings (SSSR count). The maximum absolute atomic E-state index is 15.3. The van der Waals surface area contributed by atoms with Crippen molar-refractivity contribution in [3.63, 3.8) is 0 Å². The fraction of sp³-hybridized carbons (Fsp3) is 0.812. The van der Waals surface area contributed by atoms with Crippen LogP contribution in [0.4, 0.5) is 22.4 Å². The molecule has 3 amide bonds. The Balaban J connectivity index is 2.18. The second kappa shape index (κ2) is 7.16. The molecule has 2 saturated heterocycles. The van der Waals surface area contributed by atoms with E-state index in [4.69, 9.17) is 0 Å². The molecule has 2 fully saturated rings. The lowest BCUT2D eigenvalue weighted by molar-refractivity contribution is -0.249. The topological polar surface area (TPSA) is 79.0 Å². The Morgan fingerprint density at radius 1 is 1.33 bits per heavy atom. The molecule has 11 heteroatoms. The van der Waals surface area contributed by atoms with Gasteiger partial charge in [0.1, 0.15) is 5.41 Å². The molecule has 1 N–H and O–H groups in total. The van der Waals surface area contributed by atoms with Crippen LogP contribution >= 0.6 is 0 Å². The molecule has 2 aliphatic heterocycles. The van der Waals surface area contributed by atoms with Crippen molar-refractivity contribution in [2.75, 3.05) is 33.3 Å². The smallest absolute Gasteiger partial charge is 0.399 e. The van der Waals surface area contributed by atoms with Crippen molar-refractivity contribution in [3.05, 3.63) is 0 Å². The van der Waals surface area contributed by atoms with E-state index in [1.807, 2.05) is 0 Å². The molecule has 0 aromatic carbocycles. The van der Waals surface area contributed by atoms with E-state index in [-0.39, 0.29) is 25.5 Å². The summed E-state index contributed by atoms with van der Waals surface area (Å²) in [5.41, 5.74) is -6.50. The van der Waals surface area contributed by atoms with E-state index in [2.05, 4.69) is 10.1 Å². The molecule has 0 bridgehead atoms. The Labute approximate surface area is 154 Å². The Morgan fingerprint density at radius 3 is 2.48 bits per heavy atom. The van der Waals surface area contributed by atoms with Gasteiger partial charge in [0.2, 0.25) is 11.6 Å². The van der Waals surface area contributed by atoms with Crippen LogP contribution in [0.3, 0.4) is 0 Å². The molecule has 0 saturated carbocycles. The molecular formula is C16H23F4N3O4. The summed E-state index contributed by atoms with van der Waals surface area (Å²) in [5, 5.41) is 2.52. The van der Waals surface area contributed by atoms with Crippen molar-refractivity contribution in [3.8, 4) is 0 Å².